The highest BCUT2D eigenvalue weighted by molar-refractivity contribution is 6.31. The minimum atomic E-state index is 0.268. The Kier molecular flexibility index (Phi) is 4.82. The molecule has 35 heavy (non-hydrogen) atoms. The van der Waals surface area contributed by atoms with E-state index in [-0.39, 0.29) is 11.5 Å². The molecule has 7 rings (SSSR count). The van der Waals surface area contributed by atoms with Crippen molar-refractivity contribution in [1.29, 1.82) is 0 Å². The first kappa shape index (κ1) is 21.2. The van der Waals surface area contributed by atoms with Gasteiger partial charge in [-0.15, -0.1) is 0 Å². The van der Waals surface area contributed by atoms with E-state index >= 15 is 0 Å². The minimum Gasteiger partial charge on any atom is -0.507 e. The molecular formula is C30H27ClN2O2. The molecule has 4 bridgehead atoms. The molecule has 3 aromatic rings. The van der Waals surface area contributed by atoms with Crippen molar-refractivity contribution in [1.82, 2.24) is 0 Å². The molecule has 0 aromatic heterocycles. The second-order valence-corrected chi connectivity index (χ2v) is 11.1. The monoisotopic (exact) mass is 482 g/mol. The molecule has 0 aliphatic heterocycles. The first-order valence-corrected chi connectivity index (χ1v) is 13.0. The van der Waals surface area contributed by atoms with Crippen molar-refractivity contribution in [3.63, 3.8) is 0 Å². The van der Waals surface area contributed by atoms with Gasteiger partial charge in [0.2, 0.25) is 0 Å². The zero-order valence-corrected chi connectivity index (χ0v) is 20.2. The third-order valence-electron chi connectivity index (χ3n) is 8.71. The van der Waals surface area contributed by atoms with Gasteiger partial charge in [-0.2, -0.15) is 0 Å². The molecule has 4 aliphatic rings. The third kappa shape index (κ3) is 3.49. The number of phenols is 2. The lowest BCUT2D eigenvalue weighted by atomic mass is 9.90. The van der Waals surface area contributed by atoms with Gasteiger partial charge >= 0.3 is 0 Å². The molecule has 2 fully saturated rings. The van der Waals surface area contributed by atoms with Gasteiger partial charge in [0.25, 0.3) is 0 Å². The van der Waals surface area contributed by atoms with Crippen LogP contribution >= 0.6 is 11.6 Å². The van der Waals surface area contributed by atoms with Crippen molar-refractivity contribution in [2.45, 2.75) is 62.2 Å². The van der Waals surface area contributed by atoms with Gasteiger partial charge in [-0.05, 0) is 127 Å². The van der Waals surface area contributed by atoms with E-state index in [1.807, 2.05) is 18.2 Å². The number of hydrogen-bond acceptors (Lipinski definition) is 4. The van der Waals surface area contributed by atoms with Gasteiger partial charge in [-0.3, -0.25) is 9.98 Å². The highest BCUT2D eigenvalue weighted by Gasteiger charge is 2.38. The normalized spacial score (nSPS) is 25.7. The van der Waals surface area contributed by atoms with Crippen molar-refractivity contribution in [2.24, 2.45) is 9.98 Å². The van der Waals surface area contributed by atoms with E-state index in [4.69, 9.17) is 11.6 Å². The Balaban J connectivity index is 1.20. The van der Waals surface area contributed by atoms with E-state index in [2.05, 4.69) is 22.1 Å². The lowest BCUT2D eigenvalue weighted by Gasteiger charge is -2.16. The zero-order valence-electron chi connectivity index (χ0n) is 19.4. The fraction of sp³-hybridized carbons (Fsp3) is 0.333. The maximum absolute atomic E-state index is 10.6. The molecule has 5 heteroatoms. The molecule has 0 amide bonds. The van der Waals surface area contributed by atoms with Gasteiger partial charge in [-0.1, -0.05) is 11.6 Å². The van der Waals surface area contributed by atoms with Crippen molar-refractivity contribution in [3.8, 4) is 11.5 Å². The first-order valence-electron chi connectivity index (χ1n) is 12.6. The van der Waals surface area contributed by atoms with Gasteiger partial charge in [0.05, 0.1) is 11.4 Å². The summed E-state index contributed by atoms with van der Waals surface area (Å²) in [6.07, 6.45) is 10.8. The van der Waals surface area contributed by atoms with E-state index in [0.717, 1.165) is 11.1 Å². The van der Waals surface area contributed by atoms with E-state index < -0.39 is 0 Å². The third-order valence-corrected chi connectivity index (χ3v) is 8.95. The summed E-state index contributed by atoms with van der Waals surface area (Å²) in [6.45, 7) is 0. The smallest absolute Gasteiger partial charge is 0.124 e. The molecule has 0 heterocycles. The van der Waals surface area contributed by atoms with Crippen LogP contribution in [0, 0.1) is 0 Å². The van der Waals surface area contributed by atoms with Crippen LogP contribution < -0.4 is 0 Å². The molecule has 0 saturated heterocycles. The topological polar surface area (TPSA) is 65.2 Å². The molecule has 2 saturated carbocycles. The van der Waals surface area contributed by atoms with Crippen LogP contribution in [0.25, 0.3) is 0 Å². The number of aromatic hydroxyl groups is 2. The van der Waals surface area contributed by atoms with Crippen LogP contribution in [0.2, 0.25) is 5.02 Å². The number of fused-ring (bicyclic) bond motifs is 10. The zero-order chi connectivity index (χ0) is 23.7. The summed E-state index contributed by atoms with van der Waals surface area (Å²) in [5.74, 6) is 2.99. The van der Waals surface area contributed by atoms with E-state index in [9.17, 15) is 10.2 Å². The summed E-state index contributed by atoms with van der Waals surface area (Å²) in [5, 5.41) is 21.8. The Morgan fingerprint density at radius 2 is 1.09 bits per heavy atom. The Morgan fingerprint density at radius 1 is 0.629 bits per heavy atom. The second-order valence-electron chi connectivity index (χ2n) is 10.6. The van der Waals surface area contributed by atoms with Crippen molar-refractivity contribution >= 4 is 35.4 Å². The fourth-order valence-corrected chi connectivity index (χ4v) is 7.15. The van der Waals surface area contributed by atoms with E-state index in [1.165, 1.54) is 60.8 Å². The van der Waals surface area contributed by atoms with Gasteiger partial charge in [0.1, 0.15) is 11.5 Å². The number of halogens is 1. The van der Waals surface area contributed by atoms with Crippen LogP contribution in [0.4, 0.5) is 11.4 Å². The number of aliphatic imine (C=N–C) groups is 2. The predicted octanol–water partition coefficient (Wildman–Crippen LogP) is 7.98. The Labute approximate surface area is 210 Å². The molecule has 176 valence electrons. The van der Waals surface area contributed by atoms with Gasteiger partial charge in [0.15, 0.2) is 0 Å². The average molecular weight is 483 g/mol. The van der Waals surface area contributed by atoms with Crippen LogP contribution in [-0.4, -0.2) is 22.6 Å². The summed E-state index contributed by atoms with van der Waals surface area (Å²) in [5.41, 5.74) is 8.09. The molecule has 0 spiro atoms. The fourth-order valence-electron chi connectivity index (χ4n) is 6.98. The molecule has 2 N–H and O–H groups in total. The van der Waals surface area contributed by atoms with Crippen molar-refractivity contribution in [3.05, 3.63) is 80.9 Å². The Morgan fingerprint density at radius 3 is 1.60 bits per heavy atom. The van der Waals surface area contributed by atoms with Crippen LogP contribution in [0.5, 0.6) is 11.5 Å². The molecule has 3 aromatic carbocycles. The number of rotatable bonds is 4. The van der Waals surface area contributed by atoms with Crippen LogP contribution in [-0.2, 0) is 0 Å². The van der Waals surface area contributed by atoms with Crippen LogP contribution in [0.3, 0.4) is 0 Å². The number of hydrogen-bond donors (Lipinski definition) is 2. The summed E-state index contributed by atoms with van der Waals surface area (Å²) >= 11 is 6.28. The quantitative estimate of drug-likeness (QED) is 0.370. The molecule has 0 radical (unpaired) electrons. The average Bonchev–Trinajstić information content (AvgIpc) is 3.64. The Hall–Kier alpha value is -3.11. The molecular weight excluding hydrogens is 456 g/mol. The summed E-state index contributed by atoms with van der Waals surface area (Å²) in [6, 6.07) is 13.5. The Bertz CT molecular complexity index is 1430. The van der Waals surface area contributed by atoms with Gasteiger partial charge < -0.3 is 10.2 Å². The predicted molar refractivity (Wildman–Crippen MR) is 141 cm³/mol. The van der Waals surface area contributed by atoms with Crippen LogP contribution in [0.15, 0.2) is 52.4 Å². The number of benzene rings is 3. The van der Waals surface area contributed by atoms with Crippen molar-refractivity contribution < 1.29 is 10.2 Å². The summed E-state index contributed by atoms with van der Waals surface area (Å²) in [7, 11) is 0. The highest BCUT2D eigenvalue weighted by atomic mass is 35.5. The number of nitrogens with zero attached hydrogens (tertiary/aromatic N) is 2. The first-order chi connectivity index (χ1) is 17.0. The highest BCUT2D eigenvalue weighted by Crippen LogP contribution is 2.55. The standard InChI is InChI=1S/C30H27ClN2O2/c31-22-5-6-27(32-14-20-9-23-16-1-3-18(7-16)25(23)12-29(20)34)28(11-22)33-15-21-10-24-17-2-4-19(8-17)26(24)13-30(21)35/h5-6,9-19,34-35H,1-4,7-8H2. The van der Waals surface area contributed by atoms with Crippen molar-refractivity contribution in [2.75, 3.05) is 0 Å². The lowest BCUT2D eigenvalue weighted by Crippen LogP contribution is -1.99. The van der Waals surface area contributed by atoms with E-state index in [0.29, 0.717) is 40.1 Å². The largest absolute Gasteiger partial charge is 0.507 e. The SMILES string of the molecule is Oc1cc2c(cc1C=Nc1ccc(Cl)cc1N=Cc1cc3c(cc1O)C1CCC3C1)C1CCC2C1. The summed E-state index contributed by atoms with van der Waals surface area (Å²) < 4.78 is 0. The van der Waals surface area contributed by atoms with Gasteiger partial charge in [-0.25, -0.2) is 0 Å². The minimum absolute atomic E-state index is 0.268. The molecule has 4 nitrogen and oxygen atoms in total. The lowest BCUT2D eigenvalue weighted by molar-refractivity contribution is 0.472. The number of phenolic OH excluding ortho intramolecular Hbond substituents is 2. The molecule has 4 atom stereocenters. The maximum atomic E-state index is 10.6. The molecule has 4 aliphatic carbocycles. The molecule has 4 unspecified atom stereocenters. The van der Waals surface area contributed by atoms with Gasteiger partial charge in [0, 0.05) is 28.6 Å². The van der Waals surface area contributed by atoms with E-state index in [1.54, 1.807) is 24.6 Å². The second kappa shape index (κ2) is 7.96. The summed E-state index contributed by atoms with van der Waals surface area (Å²) in [4.78, 5) is 9.33. The maximum Gasteiger partial charge on any atom is 0.124 e. The van der Waals surface area contributed by atoms with Crippen LogP contribution in [0.1, 0.15) is 95.6 Å².